The summed E-state index contributed by atoms with van der Waals surface area (Å²) in [4.78, 5) is 2.35. The highest BCUT2D eigenvalue weighted by Gasteiger charge is 2.24. The summed E-state index contributed by atoms with van der Waals surface area (Å²) in [5.41, 5.74) is 0. The number of hydrogen-bond donors (Lipinski definition) is 1. The molecule has 1 aliphatic rings. The number of likely N-dealkylation sites (N-methyl/N-ethyl adjacent to an activating group) is 1. The minimum atomic E-state index is 0.721. The molecular formula is C9H20N2. The molecule has 0 bridgehead atoms. The van der Waals surface area contributed by atoms with E-state index in [0.29, 0.717) is 0 Å². The first-order valence-corrected chi connectivity index (χ1v) is 4.65. The van der Waals surface area contributed by atoms with Gasteiger partial charge in [-0.3, -0.25) is 0 Å². The summed E-state index contributed by atoms with van der Waals surface area (Å²) < 4.78 is 0. The standard InChI is InChI=1S/C9H20N2/c1-4-8-9(11(2)3)6-5-7-10-8/h8-10H,4-7H2,1-3H3. The van der Waals surface area contributed by atoms with Crippen LogP contribution in [0.25, 0.3) is 0 Å². The molecular weight excluding hydrogens is 136 g/mol. The van der Waals surface area contributed by atoms with Crippen LogP contribution in [0.4, 0.5) is 0 Å². The number of nitrogens with zero attached hydrogens (tertiary/aromatic N) is 1. The first-order chi connectivity index (χ1) is 5.25. The minimum Gasteiger partial charge on any atom is -0.312 e. The zero-order valence-corrected chi connectivity index (χ0v) is 7.93. The van der Waals surface area contributed by atoms with Gasteiger partial charge in [0.1, 0.15) is 0 Å². The van der Waals surface area contributed by atoms with Gasteiger partial charge in [-0.05, 0) is 39.9 Å². The Kier molecular flexibility index (Phi) is 3.34. The topological polar surface area (TPSA) is 15.3 Å². The van der Waals surface area contributed by atoms with Crippen molar-refractivity contribution >= 4 is 0 Å². The Morgan fingerprint density at radius 3 is 2.64 bits per heavy atom. The third kappa shape index (κ3) is 2.17. The zero-order chi connectivity index (χ0) is 8.27. The van der Waals surface area contributed by atoms with Crippen LogP contribution in [0.5, 0.6) is 0 Å². The normalized spacial score (nSPS) is 32.7. The summed E-state index contributed by atoms with van der Waals surface area (Å²) >= 11 is 0. The molecule has 66 valence electrons. The van der Waals surface area contributed by atoms with Crippen molar-refractivity contribution in [1.82, 2.24) is 10.2 Å². The molecule has 2 nitrogen and oxygen atoms in total. The Labute approximate surface area is 70.0 Å². The van der Waals surface area contributed by atoms with Gasteiger partial charge >= 0.3 is 0 Å². The maximum absolute atomic E-state index is 3.56. The second kappa shape index (κ2) is 4.07. The van der Waals surface area contributed by atoms with E-state index in [1.54, 1.807) is 0 Å². The predicted octanol–water partition coefficient (Wildman–Crippen LogP) is 1.08. The van der Waals surface area contributed by atoms with Crippen LogP contribution in [-0.4, -0.2) is 37.6 Å². The highest BCUT2D eigenvalue weighted by atomic mass is 15.1. The van der Waals surface area contributed by atoms with E-state index in [9.17, 15) is 0 Å². The second-order valence-corrected chi connectivity index (χ2v) is 3.64. The second-order valence-electron chi connectivity index (χ2n) is 3.64. The molecule has 1 fully saturated rings. The van der Waals surface area contributed by atoms with Crippen LogP contribution in [0, 0.1) is 0 Å². The zero-order valence-electron chi connectivity index (χ0n) is 7.93. The summed E-state index contributed by atoms with van der Waals surface area (Å²) in [6.45, 7) is 3.47. The van der Waals surface area contributed by atoms with E-state index in [4.69, 9.17) is 0 Å². The molecule has 0 aromatic rings. The van der Waals surface area contributed by atoms with Gasteiger partial charge in [0.2, 0.25) is 0 Å². The molecule has 0 radical (unpaired) electrons. The lowest BCUT2D eigenvalue weighted by Gasteiger charge is -2.36. The van der Waals surface area contributed by atoms with Gasteiger partial charge < -0.3 is 10.2 Å². The highest BCUT2D eigenvalue weighted by Crippen LogP contribution is 2.14. The van der Waals surface area contributed by atoms with Gasteiger partial charge in [-0.1, -0.05) is 6.92 Å². The molecule has 0 saturated carbocycles. The van der Waals surface area contributed by atoms with Crippen molar-refractivity contribution < 1.29 is 0 Å². The Morgan fingerprint density at radius 2 is 2.18 bits per heavy atom. The van der Waals surface area contributed by atoms with Gasteiger partial charge in [0.05, 0.1) is 0 Å². The van der Waals surface area contributed by atoms with Crippen LogP contribution < -0.4 is 5.32 Å². The van der Waals surface area contributed by atoms with Crippen molar-refractivity contribution in [3.05, 3.63) is 0 Å². The van der Waals surface area contributed by atoms with Gasteiger partial charge in [0.25, 0.3) is 0 Å². The molecule has 1 saturated heterocycles. The molecule has 0 amide bonds. The van der Waals surface area contributed by atoms with E-state index < -0.39 is 0 Å². The summed E-state index contributed by atoms with van der Waals surface area (Å²) in [5, 5.41) is 3.56. The van der Waals surface area contributed by atoms with E-state index in [0.717, 1.165) is 12.1 Å². The van der Waals surface area contributed by atoms with Crippen molar-refractivity contribution in [1.29, 1.82) is 0 Å². The predicted molar refractivity (Wildman–Crippen MR) is 48.8 cm³/mol. The Hall–Kier alpha value is -0.0800. The minimum absolute atomic E-state index is 0.721. The van der Waals surface area contributed by atoms with Crippen LogP contribution in [0.3, 0.4) is 0 Å². The average molecular weight is 156 g/mol. The molecule has 11 heavy (non-hydrogen) atoms. The third-order valence-electron chi connectivity index (χ3n) is 2.65. The summed E-state index contributed by atoms with van der Waals surface area (Å²) in [6.07, 6.45) is 3.95. The van der Waals surface area contributed by atoms with Gasteiger partial charge in [0.15, 0.2) is 0 Å². The van der Waals surface area contributed by atoms with Crippen LogP contribution in [0.1, 0.15) is 26.2 Å². The molecule has 0 spiro atoms. The van der Waals surface area contributed by atoms with Crippen molar-refractivity contribution in [3.8, 4) is 0 Å². The smallest absolute Gasteiger partial charge is 0.0243 e. The molecule has 0 aliphatic carbocycles. The fourth-order valence-electron chi connectivity index (χ4n) is 1.97. The van der Waals surface area contributed by atoms with Crippen molar-refractivity contribution in [3.63, 3.8) is 0 Å². The Morgan fingerprint density at radius 1 is 1.45 bits per heavy atom. The van der Waals surface area contributed by atoms with Crippen LogP contribution in [0.2, 0.25) is 0 Å². The lowest BCUT2D eigenvalue weighted by atomic mass is 9.96. The molecule has 1 N–H and O–H groups in total. The number of nitrogens with one attached hydrogen (secondary N) is 1. The van der Waals surface area contributed by atoms with Crippen molar-refractivity contribution in [2.45, 2.75) is 38.3 Å². The van der Waals surface area contributed by atoms with Crippen molar-refractivity contribution in [2.24, 2.45) is 0 Å². The first-order valence-electron chi connectivity index (χ1n) is 4.65. The van der Waals surface area contributed by atoms with Gasteiger partial charge in [0, 0.05) is 12.1 Å². The summed E-state index contributed by atoms with van der Waals surface area (Å²) in [7, 11) is 4.36. The summed E-state index contributed by atoms with van der Waals surface area (Å²) in [6, 6.07) is 1.48. The van der Waals surface area contributed by atoms with Crippen LogP contribution in [0.15, 0.2) is 0 Å². The first kappa shape index (κ1) is 9.01. The Balaban J connectivity index is 2.44. The SMILES string of the molecule is CCC1NCCCC1N(C)C. The van der Waals surface area contributed by atoms with E-state index in [-0.39, 0.29) is 0 Å². The fourth-order valence-corrected chi connectivity index (χ4v) is 1.97. The fraction of sp³-hybridized carbons (Fsp3) is 1.00. The molecule has 2 unspecified atom stereocenters. The van der Waals surface area contributed by atoms with E-state index in [2.05, 4.69) is 31.2 Å². The van der Waals surface area contributed by atoms with Gasteiger partial charge in [-0.2, -0.15) is 0 Å². The Bertz CT molecular complexity index is 112. The monoisotopic (exact) mass is 156 g/mol. The number of piperidine rings is 1. The maximum atomic E-state index is 3.56. The van der Waals surface area contributed by atoms with Gasteiger partial charge in [-0.25, -0.2) is 0 Å². The average Bonchev–Trinajstić information content (AvgIpc) is 2.04. The molecule has 2 heteroatoms. The van der Waals surface area contributed by atoms with E-state index in [1.807, 2.05) is 0 Å². The number of hydrogen-bond acceptors (Lipinski definition) is 2. The lowest BCUT2D eigenvalue weighted by Crippen LogP contribution is -2.50. The molecule has 0 aromatic carbocycles. The lowest BCUT2D eigenvalue weighted by molar-refractivity contribution is 0.182. The highest BCUT2D eigenvalue weighted by molar-refractivity contribution is 4.84. The number of rotatable bonds is 2. The molecule has 1 aliphatic heterocycles. The summed E-state index contributed by atoms with van der Waals surface area (Å²) in [5.74, 6) is 0. The third-order valence-corrected chi connectivity index (χ3v) is 2.65. The van der Waals surface area contributed by atoms with Crippen molar-refractivity contribution in [2.75, 3.05) is 20.6 Å². The van der Waals surface area contributed by atoms with E-state index >= 15 is 0 Å². The van der Waals surface area contributed by atoms with E-state index in [1.165, 1.54) is 25.8 Å². The maximum Gasteiger partial charge on any atom is 0.0243 e. The van der Waals surface area contributed by atoms with Gasteiger partial charge in [-0.15, -0.1) is 0 Å². The van der Waals surface area contributed by atoms with Crippen LogP contribution in [-0.2, 0) is 0 Å². The largest absolute Gasteiger partial charge is 0.312 e. The molecule has 1 rings (SSSR count). The molecule has 0 aromatic heterocycles. The molecule has 2 atom stereocenters. The van der Waals surface area contributed by atoms with Crippen LogP contribution >= 0.6 is 0 Å². The molecule has 1 heterocycles. The quantitative estimate of drug-likeness (QED) is 0.643.